The average molecular weight is 572 g/mol. The first kappa shape index (κ1) is 26.8. The van der Waals surface area contributed by atoms with Crippen molar-refractivity contribution in [1.29, 1.82) is 0 Å². The lowest BCUT2D eigenvalue weighted by molar-refractivity contribution is -0.122. The van der Waals surface area contributed by atoms with Crippen molar-refractivity contribution >= 4 is 65.0 Å². The second-order valence-corrected chi connectivity index (χ2v) is 12.4. The fourth-order valence-corrected chi connectivity index (χ4v) is 5.56. The maximum absolute atomic E-state index is 13.2. The van der Waals surface area contributed by atoms with E-state index in [0.29, 0.717) is 21.9 Å². The van der Waals surface area contributed by atoms with Crippen molar-refractivity contribution in [2.24, 2.45) is 0 Å². The number of carbonyl (C=O) groups excluding carboxylic acids is 2. The highest BCUT2D eigenvalue weighted by molar-refractivity contribution is 7.86. The number of amides is 2. The van der Waals surface area contributed by atoms with Gasteiger partial charge in [0.1, 0.15) is 0 Å². The summed E-state index contributed by atoms with van der Waals surface area (Å²) in [6, 6.07) is 14.6. The Bertz CT molecular complexity index is 1750. The molecule has 204 valence electrons. The van der Waals surface area contributed by atoms with Gasteiger partial charge in [-0.25, -0.2) is 0 Å². The molecule has 0 bridgehead atoms. The molecule has 0 aliphatic carbocycles. The molecule has 0 unspecified atom stereocenters. The molecule has 3 heterocycles. The van der Waals surface area contributed by atoms with Crippen LogP contribution >= 0.6 is 0 Å². The summed E-state index contributed by atoms with van der Waals surface area (Å²) in [6.45, 7) is 0.199. The second kappa shape index (κ2) is 10.1. The number of para-hydroxylation sites is 2. The van der Waals surface area contributed by atoms with E-state index in [0.717, 1.165) is 23.5 Å². The van der Waals surface area contributed by atoms with E-state index in [1.165, 1.54) is 0 Å². The molecule has 0 spiro atoms. The van der Waals surface area contributed by atoms with E-state index in [-0.39, 0.29) is 37.4 Å². The average Bonchev–Trinajstić information content (AvgIpc) is 3.48. The third-order valence-corrected chi connectivity index (χ3v) is 7.50. The van der Waals surface area contributed by atoms with Gasteiger partial charge >= 0.3 is 0 Å². The SMILES string of the molecule is CS(=O)(=O)OCCn1cc(C2=C(c3cn(CCOS(C)(=O)=O)c4ccccc34)C(=O)NC2=O)c2ccccc21. The molecule has 0 atom stereocenters. The number of carbonyl (C=O) groups is 2. The largest absolute Gasteiger partial charge is 0.344 e. The highest BCUT2D eigenvalue weighted by atomic mass is 32.2. The molecule has 2 amide bonds. The second-order valence-electron chi connectivity index (χ2n) is 9.09. The Hall–Kier alpha value is -3.78. The van der Waals surface area contributed by atoms with E-state index in [4.69, 9.17) is 8.37 Å². The molecule has 0 saturated heterocycles. The summed E-state index contributed by atoms with van der Waals surface area (Å²) < 4.78 is 59.1. The van der Waals surface area contributed by atoms with Gasteiger partial charge in [0, 0.05) is 58.4 Å². The van der Waals surface area contributed by atoms with Crippen LogP contribution < -0.4 is 5.32 Å². The monoisotopic (exact) mass is 571 g/mol. The number of aromatic nitrogens is 2. The van der Waals surface area contributed by atoms with Crippen LogP contribution in [0.15, 0.2) is 60.9 Å². The first-order valence-electron chi connectivity index (χ1n) is 11.9. The molecule has 1 N–H and O–H groups in total. The van der Waals surface area contributed by atoms with E-state index in [2.05, 4.69) is 5.32 Å². The third kappa shape index (κ3) is 5.52. The lowest BCUT2D eigenvalue weighted by atomic mass is 9.95. The molecule has 39 heavy (non-hydrogen) atoms. The number of hydrogen-bond acceptors (Lipinski definition) is 8. The summed E-state index contributed by atoms with van der Waals surface area (Å²) in [6.07, 6.45) is 5.37. The van der Waals surface area contributed by atoms with Crippen LogP contribution in [0.25, 0.3) is 33.0 Å². The van der Waals surface area contributed by atoms with Crippen LogP contribution in [-0.4, -0.2) is 63.5 Å². The summed E-state index contributed by atoms with van der Waals surface area (Å²) in [5.74, 6) is -1.11. The van der Waals surface area contributed by atoms with E-state index in [1.807, 2.05) is 48.5 Å². The van der Waals surface area contributed by atoms with Crippen LogP contribution in [0, 0.1) is 0 Å². The van der Waals surface area contributed by atoms with Crippen molar-refractivity contribution in [3.63, 3.8) is 0 Å². The lowest BCUT2D eigenvalue weighted by Gasteiger charge is -2.05. The minimum atomic E-state index is -3.63. The zero-order valence-electron chi connectivity index (χ0n) is 21.1. The van der Waals surface area contributed by atoms with Crippen molar-refractivity contribution in [2.75, 3.05) is 25.7 Å². The first-order valence-corrected chi connectivity index (χ1v) is 15.5. The predicted molar refractivity (Wildman–Crippen MR) is 145 cm³/mol. The highest BCUT2D eigenvalue weighted by Crippen LogP contribution is 2.39. The number of rotatable bonds is 10. The lowest BCUT2D eigenvalue weighted by Crippen LogP contribution is -2.22. The maximum atomic E-state index is 13.2. The molecule has 0 radical (unpaired) electrons. The first-order chi connectivity index (χ1) is 18.4. The van der Waals surface area contributed by atoms with Crippen LogP contribution in [0.2, 0.25) is 0 Å². The van der Waals surface area contributed by atoms with Crippen molar-refractivity contribution < 1.29 is 34.8 Å². The van der Waals surface area contributed by atoms with Gasteiger partial charge < -0.3 is 9.13 Å². The van der Waals surface area contributed by atoms with Gasteiger partial charge in [-0.1, -0.05) is 36.4 Å². The fraction of sp³-hybridized carbons (Fsp3) is 0.231. The van der Waals surface area contributed by atoms with Crippen LogP contribution in [0.3, 0.4) is 0 Å². The molecule has 0 saturated carbocycles. The number of hydrogen-bond donors (Lipinski definition) is 1. The predicted octanol–water partition coefficient (Wildman–Crippen LogP) is 2.12. The Balaban J connectivity index is 1.64. The zero-order chi connectivity index (χ0) is 27.9. The molecule has 2 aromatic carbocycles. The molecule has 0 fully saturated rings. The minimum absolute atomic E-state index is 0.100. The zero-order valence-corrected chi connectivity index (χ0v) is 22.7. The number of nitrogens with one attached hydrogen (secondary N) is 1. The Morgan fingerprint density at radius 3 is 1.44 bits per heavy atom. The van der Waals surface area contributed by atoms with Crippen LogP contribution in [0.4, 0.5) is 0 Å². The normalized spacial score (nSPS) is 14.6. The molecule has 1 aliphatic rings. The van der Waals surface area contributed by atoms with E-state index >= 15 is 0 Å². The molecule has 13 heteroatoms. The van der Waals surface area contributed by atoms with Gasteiger partial charge in [-0.15, -0.1) is 0 Å². The smallest absolute Gasteiger partial charge is 0.264 e. The molecule has 1 aliphatic heterocycles. The van der Waals surface area contributed by atoms with E-state index in [9.17, 15) is 26.4 Å². The Morgan fingerprint density at radius 2 is 1.05 bits per heavy atom. The topological polar surface area (TPSA) is 143 Å². The summed E-state index contributed by atoms with van der Waals surface area (Å²) in [7, 11) is -7.25. The standard InChI is InChI=1S/C26H25N3O8S2/c1-38(32,33)36-13-11-28-15-19(17-7-3-5-9-21(17)28)23-24(26(31)27-25(23)30)20-16-29(12-14-37-39(2,34)35)22-10-6-4-8-18(20)22/h3-10,15-16H,11-14H2,1-2H3,(H,27,30,31). The van der Waals surface area contributed by atoms with Gasteiger partial charge in [0.05, 0.1) is 36.9 Å². The van der Waals surface area contributed by atoms with Gasteiger partial charge in [0.25, 0.3) is 32.1 Å². The summed E-state index contributed by atoms with van der Waals surface area (Å²) >= 11 is 0. The molecule has 11 nitrogen and oxygen atoms in total. The van der Waals surface area contributed by atoms with Gasteiger partial charge in [0.15, 0.2) is 0 Å². The number of benzene rings is 2. The number of fused-ring (bicyclic) bond motifs is 2. The Morgan fingerprint density at radius 1 is 0.667 bits per heavy atom. The van der Waals surface area contributed by atoms with Crippen LogP contribution in [-0.2, 0) is 51.3 Å². The van der Waals surface area contributed by atoms with Gasteiger partial charge in [0.2, 0.25) is 0 Å². The Kier molecular flexibility index (Phi) is 6.93. The third-order valence-electron chi connectivity index (χ3n) is 6.31. The van der Waals surface area contributed by atoms with Crippen LogP contribution in [0.1, 0.15) is 11.1 Å². The maximum Gasteiger partial charge on any atom is 0.264 e. The van der Waals surface area contributed by atoms with E-state index in [1.54, 1.807) is 21.5 Å². The molecular weight excluding hydrogens is 546 g/mol. The van der Waals surface area contributed by atoms with Crippen molar-refractivity contribution in [1.82, 2.24) is 14.5 Å². The van der Waals surface area contributed by atoms with E-state index < -0.39 is 32.1 Å². The van der Waals surface area contributed by atoms with Gasteiger partial charge in [-0.2, -0.15) is 16.8 Å². The quantitative estimate of drug-likeness (QED) is 0.225. The summed E-state index contributed by atoms with van der Waals surface area (Å²) in [5.41, 5.74) is 2.89. The summed E-state index contributed by atoms with van der Waals surface area (Å²) in [5, 5.41) is 3.83. The van der Waals surface area contributed by atoms with Gasteiger partial charge in [-0.05, 0) is 12.1 Å². The molecule has 4 aromatic rings. The summed E-state index contributed by atoms with van der Waals surface area (Å²) in [4.78, 5) is 26.4. The molecular formula is C26H25N3O8S2. The fourth-order valence-electron chi connectivity index (χ4n) is 4.81. The highest BCUT2D eigenvalue weighted by Gasteiger charge is 2.35. The molecule has 2 aromatic heterocycles. The van der Waals surface area contributed by atoms with Crippen molar-refractivity contribution in [2.45, 2.75) is 13.1 Å². The number of nitrogens with zero attached hydrogens (tertiary/aromatic N) is 2. The van der Waals surface area contributed by atoms with Gasteiger partial charge in [-0.3, -0.25) is 23.3 Å². The number of imide groups is 1. The van der Waals surface area contributed by atoms with Crippen molar-refractivity contribution in [3.05, 3.63) is 72.1 Å². The van der Waals surface area contributed by atoms with Crippen molar-refractivity contribution in [3.8, 4) is 0 Å². The van der Waals surface area contributed by atoms with Crippen LogP contribution in [0.5, 0.6) is 0 Å². The Labute approximate surface area is 224 Å². The minimum Gasteiger partial charge on any atom is -0.344 e. The molecule has 5 rings (SSSR count).